The van der Waals surface area contributed by atoms with Crippen molar-refractivity contribution >= 4 is 17.4 Å². The monoisotopic (exact) mass is 211 g/mol. The van der Waals surface area contributed by atoms with Crippen molar-refractivity contribution in [2.75, 3.05) is 5.32 Å². The molecule has 4 heteroatoms. The van der Waals surface area contributed by atoms with Crippen LogP contribution >= 0.6 is 11.6 Å². The van der Waals surface area contributed by atoms with E-state index in [1.54, 1.807) is 6.20 Å². The first kappa shape index (κ1) is 9.71. The lowest BCUT2D eigenvalue weighted by atomic mass is 10.0. The summed E-state index contributed by atoms with van der Waals surface area (Å²) in [5.74, 6) is 0.828. The van der Waals surface area contributed by atoms with Gasteiger partial charge in [-0.1, -0.05) is 12.8 Å². The molecule has 0 amide bonds. The Kier molecular flexibility index (Phi) is 2.59. The van der Waals surface area contributed by atoms with E-state index in [0.717, 1.165) is 5.82 Å². The number of hydrogen-bond donors (Lipinski definition) is 1. The fraction of sp³-hybridized carbons (Fsp3) is 0.600. The summed E-state index contributed by atoms with van der Waals surface area (Å²) in [5.41, 5.74) is 0.192. The van der Waals surface area contributed by atoms with Crippen molar-refractivity contribution in [3.63, 3.8) is 0 Å². The first-order valence-corrected chi connectivity index (χ1v) is 5.33. The van der Waals surface area contributed by atoms with Crippen LogP contribution < -0.4 is 5.32 Å². The van der Waals surface area contributed by atoms with Crippen molar-refractivity contribution in [3.05, 3.63) is 17.5 Å². The Morgan fingerprint density at radius 1 is 1.43 bits per heavy atom. The van der Waals surface area contributed by atoms with Gasteiger partial charge in [0.25, 0.3) is 0 Å². The molecule has 0 radical (unpaired) electrons. The quantitative estimate of drug-likeness (QED) is 0.765. The van der Waals surface area contributed by atoms with Crippen LogP contribution in [0.1, 0.15) is 32.6 Å². The number of hydrogen-bond acceptors (Lipinski definition) is 3. The Morgan fingerprint density at radius 2 is 2.14 bits per heavy atom. The first-order chi connectivity index (χ1) is 6.68. The lowest BCUT2D eigenvalue weighted by Gasteiger charge is -2.25. The molecule has 0 unspecified atom stereocenters. The lowest BCUT2D eigenvalue weighted by Crippen LogP contribution is -2.31. The van der Waals surface area contributed by atoms with Crippen LogP contribution in [-0.2, 0) is 0 Å². The molecule has 1 fully saturated rings. The van der Waals surface area contributed by atoms with Crippen molar-refractivity contribution in [2.24, 2.45) is 0 Å². The van der Waals surface area contributed by atoms with Crippen LogP contribution in [0.4, 0.5) is 5.82 Å². The molecule has 0 spiro atoms. The summed E-state index contributed by atoms with van der Waals surface area (Å²) in [6.45, 7) is 2.23. The standard InChI is InChI=1S/C10H14ClN3/c1-10(5-2-3-6-10)14-8-4-7-12-9(11)13-8/h4,7H,2-3,5-6H2,1H3,(H,12,13,14). The van der Waals surface area contributed by atoms with Gasteiger partial charge in [-0.05, 0) is 37.4 Å². The lowest BCUT2D eigenvalue weighted by molar-refractivity contribution is 0.531. The Hall–Kier alpha value is -0.830. The van der Waals surface area contributed by atoms with Gasteiger partial charge in [-0.15, -0.1) is 0 Å². The van der Waals surface area contributed by atoms with E-state index in [-0.39, 0.29) is 5.54 Å². The molecule has 1 aromatic rings. The Bertz CT molecular complexity index is 321. The zero-order valence-electron chi connectivity index (χ0n) is 8.26. The van der Waals surface area contributed by atoms with E-state index in [1.807, 2.05) is 6.07 Å². The van der Waals surface area contributed by atoms with Crippen molar-refractivity contribution in [2.45, 2.75) is 38.1 Å². The maximum atomic E-state index is 5.71. The van der Waals surface area contributed by atoms with Gasteiger partial charge in [-0.25, -0.2) is 9.97 Å². The molecule has 1 saturated carbocycles. The van der Waals surface area contributed by atoms with E-state index >= 15 is 0 Å². The molecule has 1 aromatic heterocycles. The molecule has 1 heterocycles. The van der Waals surface area contributed by atoms with Gasteiger partial charge in [0.15, 0.2) is 0 Å². The van der Waals surface area contributed by atoms with Crippen LogP contribution in [0.3, 0.4) is 0 Å². The molecule has 0 aromatic carbocycles. The van der Waals surface area contributed by atoms with Gasteiger partial charge >= 0.3 is 0 Å². The fourth-order valence-corrected chi connectivity index (χ4v) is 2.14. The molecule has 0 atom stereocenters. The summed E-state index contributed by atoms with van der Waals surface area (Å²) in [7, 11) is 0. The highest BCUT2D eigenvalue weighted by molar-refractivity contribution is 6.28. The third-order valence-electron chi connectivity index (χ3n) is 2.76. The van der Waals surface area contributed by atoms with Gasteiger partial charge < -0.3 is 5.32 Å². The van der Waals surface area contributed by atoms with Crippen molar-refractivity contribution in [1.82, 2.24) is 9.97 Å². The summed E-state index contributed by atoms with van der Waals surface area (Å²) >= 11 is 5.71. The third kappa shape index (κ3) is 2.15. The Balaban J connectivity index is 2.10. The van der Waals surface area contributed by atoms with E-state index in [9.17, 15) is 0 Å². The number of anilines is 1. The van der Waals surface area contributed by atoms with Gasteiger partial charge in [0.1, 0.15) is 5.82 Å². The average molecular weight is 212 g/mol. The highest BCUT2D eigenvalue weighted by Gasteiger charge is 2.28. The molecule has 0 aliphatic heterocycles. The predicted octanol–water partition coefficient (Wildman–Crippen LogP) is 2.87. The zero-order valence-corrected chi connectivity index (χ0v) is 9.01. The van der Waals surface area contributed by atoms with Crippen LogP contribution in [0.15, 0.2) is 12.3 Å². The maximum absolute atomic E-state index is 5.71. The molecule has 1 aliphatic carbocycles. The van der Waals surface area contributed by atoms with Crippen molar-refractivity contribution in [3.8, 4) is 0 Å². The molecule has 3 nitrogen and oxygen atoms in total. The largest absolute Gasteiger partial charge is 0.365 e. The Morgan fingerprint density at radius 3 is 2.79 bits per heavy atom. The summed E-state index contributed by atoms with van der Waals surface area (Å²) in [6, 6.07) is 1.86. The average Bonchev–Trinajstić information content (AvgIpc) is 2.51. The second-order valence-corrected chi connectivity index (χ2v) is 4.44. The van der Waals surface area contributed by atoms with Gasteiger partial charge in [-0.2, -0.15) is 0 Å². The van der Waals surface area contributed by atoms with E-state index in [2.05, 4.69) is 22.2 Å². The van der Waals surface area contributed by atoms with Crippen molar-refractivity contribution < 1.29 is 0 Å². The molecule has 0 bridgehead atoms. The van der Waals surface area contributed by atoms with Crippen LogP contribution in [0.5, 0.6) is 0 Å². The topological polar surface area (TPSA) is 37.8 Å². The SMILES string of the molecule is CC1(Nc2ccnc(Cl)n2)CCCC1. The van der Waals surface area contributed by atoms with E-state index in [0.29, 0.717) is 5.28 Å². The van der Waals surface area contributed by atoms with Crippen LogP contribution in [-0.4, -0.2) is 15.5 Å². The number of aromatic nitrogens is 2. The highest BCUT2D eigenvalue weighted by atomic mass is 35.5. The predicted molar refractivity (Wildman–Crippen MR) is 57.5 cm³/mol. The Labute approximate surface area is 88.9 Å². The first-order valence-electron chi connectivity index (χ1n) is 4.95. The van der Waals surface area contributed by atoms with Gasteiger partial charge in [0.2, 0.25) is 5.28 Å². The highest BCUT2D eigenvalue weighted by Crippen LogP contribution is 2.31. The number of nitrogens with zero attached hydrogens (tertiary/aromatic N) is 2. The summed E-state index contributed by atoms with van der Waals surface area (Å²) < 4.78 is 0. The molecule has 76 valence electrons. The molecule has 2 rings (SSSR count). The number of halogens is 1. The van der Waals surface area contributed by atoms with E-state index in [4.69, 9.17) is 11.6 Å². The summed E-state index contributed by atoms with van der Waals surface area (Å²) in [4.78, 5) is 7.98. The van der Waals surface area contributed by atoms with Gasteiger partial charge in [0.05, 0.1) is 0 Å². The summed E-state index contributed by atoms with van der Waals surface area (Å²) in [5, 5.41) is 3.72. The summed E-state index contributed by atoms with van der Waals surface area (Å²) in [6.07, 6.45) is 6.67. The molecule has 1 aliphatic rings. The maximum Gasteiger partial charge on any atom is 0.224 e. The normalized spacial score (nSPS) is 19.6. The fourth-order valence-electron chi connectivity index (χ4n) is 1.99. The van der Waals surface area contributed by atoms with Crippen LogP contribution in [0.25, 0.3) is 0 Å². The van der Waals surface area contributed by atoms with E-state index in [1.165, 1.54) is 25.7 Å². The van der Waals surface area contributed by atoms with Gasteiger partial charge in [0, 0.05) is 11.7 Å². The van der Waals surface area contributed by atoms with Crippen LogP contribution in [0, 0.1) is 0 Å². The minimum absolute atomic E-state index is 0.192. The minimum atomic E-state index is 0.192. The molecule has 1 N–H and O–H groups in total. The molecule has 0 saturated heterocycles. The molecular formula is C10H14ClN3. The molecule has 14 heavy (non-hydrogen) atoms. The van der Waals surface area contributed by atoms with Crippen molar-refractivity contribution in [1.29, 1.82) is 0 Å². The molecular weight excluding hydrogens is 198 g/mol. The zero-order chi connectivity index (χ0) is 10.0. The second-order valence-electron chi connectivity index (χ2n) is 4.10. The minimum Gasteiger partial charge on any atom is -0.365 e. The number of nitrogens with one attached hydrogen (secondary N) is 1. The second kappa shape index (κ2) is 3.73. The number of rotatable bonds is 2. The van der Waals surface area contributed by atoms with Gasteiger partial charge in [-0.3, -0.25) is 0 Å². The third-order valence-corrected chi connectivity index (χ3v) is 2.95. The van der Waals surface area contributed by atoms with Crippen LogP contribution in [0.2, 0.25) is 5.28 Å². The van der Waals surface area contributed by atoms with E-state index < -0.39 is 0 Å². The smallest absolute Gasteiger partial charge is 0.224 e.